The minimum absolute atomic E-state index is 0.509. The molecule has 0 amide bonds. The summed E-state index contributed by atoms with van der Waals surface area (Å²) >= 11 is 0. The summed E-state index contributed by atoms with van der Waals surface area (Å²) in [5, 5.41) is 7.79. The Morgan fingerprint density at radius 2 is 2.21 bits per heavy atom. The summed E-state index contributed by atoms with van der Waals surface area (Å²) in [5.41, 5.74) is 1.97. The van der Waals surface area contributed by atoms with E-state index in [1.807, 2.05) is 12.1 Å². The molecule has 1 aliphatic rings. The maximum Gasteiger partial charge on any atom is 0.257 e. The zero-order chi connectivity index (χ0) is 13.2. The van der Waals surface area contributed by atoms with Crippen molar-refractivity contribution in [3.63, 3.8) is 0 Å². The highest BCUT2D eigenvalue weighted by atomic mass is 16.5. The van der Waals surface area contributed by atoms with Gasteiger partial charge in [0.15, 0.2) is 0 Å². The molecule has 1 fully saturated rings. The monoisotopic (exact) mass is 256 g/mol. The molecule has 1 aliphatic heterocycles. The molecule has 1 aromatic carbocycles. The number of ether oxygens (including phenoxy) is 1. The van der Waals surface area contributed by atoms with Crippen LogP contribution in [0.25, 0.3) is 15.7 Å². The van der Waals surface area contributed by atoms with Crippen LogP contribution in [0.5, 0.6) is 0 Å². The molecule has 0 aliphatic carbocycles. The number of benzene rings is 1. The predicted molar refractivity (Wildman–Crippen MR) is 74.6 cm³/mol. The van der Waals surface area contributed by atoms with Gasteiger partial charge in [0, 0.05) is 37.4 Å². The lowest BCUT2D eigenvalue weighted by atomic mass is 10.1. The molecule has 2 aromatic rings. The third-order valence-corrected chi connectivity index (χ3v) is 3.78. The molecule has 0 bridgehead atoms. The van der Waals surface area contributed by atoms with Crippen LogP contribution in [0, 0.1) is 6.57 Å². The van der Waals surface area contributed by atoms with Gasteiger partial charge in [-0.2, -0.15) is 0 Å². The normalized spacial score (nSPS) is 16.4. The van der Waals surface area contributed by atoms with E-state index in [-0.39, 0.29) is 0 Å². The van der Waals surface area contributed by atoms with E-state index in [1.165, 1.54) is 0 Å². The number of H-pyrrole nitrogens is 1. The molecule has 0 radical (unpaired) electrons. The van der Waals surface area contributed by atoms with Gasteiger partial charge in [0.05, 0.1) is 0 Å². The number of aromatic nitrogens is 2. The topological polar surface area (TPSA) is 45.5 Å². The van der Waals surface area contributed by atoms with Gasteiger partial charge in [0.2, 0.25) is 0 Å². The zero-order valence-corrected chi connectivity index (χ0v) is 10.9. The van der Waals surface area contributed by atoms with E-state index in [9.17, 15) is 0 Å². The quantitative estimate of drug-likeness (QED) is 0.840. The van der Waals surface area contributed by atoms with Crippen LogP contribution >= 0.6 is 0 Å². The number of rotatable bonds is 2. The van der Waals surface area contributed by atoms with Crippen molar-refractivity contribution in [3.05, 3.63) is 29.6 Å². The molecule has 5 heteroatoms. The fourth-order valence-corrected chi connectivity index (χ4v) is 2.57. The van der Waals surface area contributed by atoms with Crippen LogP contribution in [0.1, 0.15) is 12.8 Å². The fourth-order valence-electron chi connectivity index (χ4n) is 2.57. The van der Waals surface area contributed by atoms with Crippen molar-refractivity contribution in [2.45, 2.75) is 18.9 Å². The minimum atomic E-state index is 0.509. The first-order valence-electron chi connectivity index (χ1n) is 6.46. The molecule has 5 nitrogen and oxygen atoms in total. The number of hydrogen-bond acceptors (Lipinski definition) is 3. The highest BCUT2D eigenvalue weighted by molar-refractivity contribution is 5.92. The average Bonchev–Trinajstić information content (AvgIpc) is 2.89. The second kappa shape index (κ2) is 4.90. The molecule has 0 atom stereocenters. The Kier molecular flexibility index (Phi) is 3.10. The van der Waals surface area contributed by atoms with Crippen molar-refractivity contribution in [1.29, 1.82) is 0 Å². The highest BCUT2D eigenvalue weighted by Gasteiger charge is 2.19. The van der Waals surface area contributed by atoms with Gasteiger partial charge in [-0.15, -0.1) is 5.10 Å². The third-order valence-electron chi connectivity index (χ3n) is 3.78. The van der Waals surface area contributed by atoms with E-state index in [4.69, 9.17) is 11.3 Å². The van der Waals surface area contributed by atoms with E-state index in [0.717, 1.165) is 42.6 Å². The average molecular weight is 256 g/mol. The molecule has 98 valence electrons. The Balaban J connectivity index is 1.93. The molecule has 0 unspecified atom stereocenters. The van der Waals surface area contributed by atoms with Crippen molar-refractivity contribution < 1.29 is 4.74 Å². The van der Waals surface area contributed by atoms with Crippen molar-refractivity contribution in [1.82, 2.24) is 10.2 Å². The largest absolute Gasteiger partial charge is 0.381 e. The van der Waals surface area contributed by atoms with Gasteiger partial charge in [0.1, 0.15) is 5.52 Å². The van der Waals surface area contributed by atoms with E-state index in [1.54, 1.807) is 0 Å². The second-order valence-electron chi connectivity index (χ2n) is 4.84. The first-order chi connectivity index (χ1) is 9.29. The minimum Gasteiger partial charge on any atom is -0.381 e. The van der Waals surface area contributed by atoms with Crippen molar-refractivity contribution in [2.24, 2.45) is 0 Å². The van der Waals surface area contributed by atoms with E-state index in [2.05, 4.69) is 33.1 Å². The van der Waals surface area contributed by atoms with Crippen LogP contribution in [0.3, 0.4) is 0 Å². The van der Waals surface area contributed by atoms with E-state index < -0.39 is 0 Å². The van der Waals surface area contributed by atoms with Gasteiger partial charge in [-0.3, -0.25) is 0 Å². The third kappa shape index (κ3) is 2.15. The summed E-state index contributed by atoms with van der Waals surface area (Å²) < 4.78 is 5.40. The smallest absolute Gasteiger partial charge is 0.257 e. The maximum atomic E-state index is 7.14. The van der Waals surface area contributed by atoms with Crippen LogP contribution < -0.4 is 4.90 Å². The van der Waals surface area contributed by atoms with Gasteiger partial charge in [-0.05, 0) is 31.0 Å². The molecule has 1 N–H and O–H groups in total. The van der Waals surface area contributed by atoms with Crippen LogP contribution in [-0.4, -0.2) is 36.5 Å². The summed E-state index contributed by atoms with van der Waals surface area (Å²) in [6.45, 7) is 8.80. The molecule has 3 rings (SSSR count). The molecule has 0 spiro atoms. The summed E-state index contributed by atoms with van der Waals surface area (Å²) in [5.74, 6) is 0.511. The lowest BCUT2D eigenvalue weighted by Gasteiger charge is -2.33. The van der Waals surface area contributed by atoms with Gasteiger partial charge >= 0.3 is 0 Å². The first kappa shape index (κ1) is 12.0. The van der Waals surface area contributed by atoms with E-state index >= 15 is 0 Å². The summed E-state index contributed by atoms with van der Waals surface area (Å²) in [4.78, 5) is 5.75. The fraction of sp³-hybridized carbons (Fsp3) is 0.429. The Morgan fingerprint density at radius 1 is 1.42 bits per heavy atom. The Morgan fingerprint density at radius 3 is 2.95 bits per heavy atom. The molecule has 19 heavy (non-hydrogen) atoms. The van der Waals surface area contributed by atoms with E-state index in [0.29, 0.717) is 11.9 Å². The maximum absolute atomic E-state index is 7.14. The lowest BCUT2D eigenvalue weighted by molar-refractivity contribution is 0.0855. The Bertz CT molecular complexity index is 622. The molecular formula is C14H16N4O. The predicted octanol–water partition coefficient (Wildman–Crippen LogP) is 2.73. The lowest BCUT2D eigenvalue weighted by Crippen LogP contribution is -2.36. The highest BCUT2D eigenvalue weighted by Crippen LogP contribution is 2.29. The standard InChI is InChI=1S/C14H16N4O/c1-15-14-12-9-11(3-4-13(12)16-17-14)18(2)10-5-7-19-8-6-10/h3-4,9-10H,5-8H2,2H3,(H,16,17). The zero-order valence-electron chi connectivity index (χ0n) is 10.9. The number of nitrogens with one attached hydrogen (secondary N) is 1. The first-order valence-corrected chi connectivity index (χ1v) is 6.46. The summed E-state index contributed by atoms with van der Waals surface area (Å²) in [7, 11) is 2.11. The van der Waals surface area contributed by atoms with Crippen molar-refractivity contribution in [3.8, 4) is 0 Å². The van der Waals surface area contributed by atoms with Gasteiger partial charge < -0.3 is 14.5 Å². The summed E-state index contributed by atoms with van der Waals surface area (Å²) in [6, 6.07) is 6.58. The number of aromatic amines is 1. The molecule has 1 saturated heterocycles. The van der Waals surface area contributed by atoms with Crippen molar-refractivity contribution in [2.75, 3.05) is 25.2 Å². The number of fused-ring (bicyclic) bond motifs is 1. The number of hydrogen-bond donors (Lipinski definition) is 1. The molecule has 2 heterocycles. The van der Waals surface area contributed by atoms with Crippen molar-refractivity contribution >= 4 is 22.4 Å². The van der Waals surface area contributed by atoms with Gasteiger partial charge in [0.25, 0.3) is 5.82 Å². The number of anilines is 1. The van der Waals surface area contributed by atoms with Crippen LogP contribution in [0.4, 0.5) is 11.5 Å². The number of nitrogens with zero attached hydrogens (tertiary/aromatic N) is 3. The van der Waals surface area contributed by atoms with Gasteiger partial charge in [-0.25, -0.2) is 5.10 Å². The Hall–Kier alpha value is -2.06. The van der Waals surface area contributed by atoms with Crippen LogP contribution in [-0.2, 0) is 4.74 Å². The van der Waals surface area contributed by atoms with Crippen LogP contribution in [0.2, 0.25) is 0 Å². The van der Waals surface area contributed by atoms with Gasteiger partial charge in [-0.1, -0.05) is 6.57 Å². The molecule has 0 saturated carbocycles. The summed E-state index contributed by atoms with van der Waals surface area (Å²) in [6.07, 6.45) is 2.10. The molecule has 1 aromatic heterocycles. The van der Waals surface area contributed by atoms with Crippen LogP contribution in [0.15, 0.2) is 18.2 Å². The Labute approximate surface area is 112 Å². The molecular weight excluding hydrogens is 240 g/mol. The second-order valence-corrected chi connectivity index (χ2v) is 4.84. The SMILES string of the molecule is [C-]#[N+]c1[nH]nc2ccc(N(C)C3CCOCC3)cc12.